The highest BCUT2D eigenvalue weighted by Gasteiger charge is 2.45. The van der Waals surface area contributed by atoms with Gasteiger partial charge in [-0.1, -0.05) is 278 Å². The molecule has 2 aliphatic rings. The highest BCUT2D eigenvalue weighted by molar-refractivity contribution is 7.00. The summed E-state index contributed by atoms with van der Waals surface area (Å²) in [5.74, 6) is 0. The first-order valence-corrected chi connectivity index (χ1v) is 38.2. The van der Waals surface area contributed by atoms with Gasteiger partial charge in [0.2, 0.25) is 0 Å². The minimum Gasteiger partial charge on any atom is -0.311 e. The fourth-order valence-electron chi connectivity index (χ4n) is 17.8. The van der Waals surface area contributed by atoms with E-state index in [-0.39, 0.29) is 28.5 Å². The molecule has 0 atom stereocenters. The number of aromatic nitrogens is 3. The maximum Gasteiger partial charge on any atom is 0.252 e. The van der Waals surface area contributed by atoms with Gasteiger partial charge in [0.15, 0.2) is 0 Å². The monoisotopic (exact) mass is 1410 g/mol. The topological polar surface area (TPSA) is 21.3 Å². The van der Waals surface area contributed by atoms with Gasteiger partial charge in [-0.3, -0.25) is 0 Å². The molecule has 5 nitrogen and oxygen atoms in total. The van der Waals surface area contributed by atoms with Crippen LogP contribution in [0.15, 0.2) is 364 Å². The van der Waals surface area contributed by atoms with Crippen LogP contribution in [0, 0.1) is 0 Å². The van der Waals surface area contributed by atoms with Crippen molar-refractivity contribution >= 4 is 123 Å². The molecule has 0 saturated carbocycles. The lowest BCUT2D eigenvalue weighted by molar-refractivity contribution is 0.590. The first-order chi connectivity index (χ1) is 55.9. The SMILES string of the molecule is [2H]c1c([2H])c([2H])c(-c2ccc3c(c2)N(c2cc(-c4ccccc4)cc(-c4ccccc4)c2)c2cc(-n4c5ccccc5c5cc(-n6c7ccccc7c7ccccc76)ccc54)cc4c2B3c2ccc(-n3c5ccc(C(C)(C)C)cc5c5cc(C(C)(C)C)ccc53)cc2N4c2cc(-c3ccccc3)cc(-c3ccccc3)c2)c([2H])c1[2H]. The Kier molecular flexibility index (Phi) is 13.6. The summed E-state index contributed by atoms with van der Waals surface area (Å²) in [6.07, 6.45) is 0. The Hall–Kier alpha value is -13.4. The van der Waals surface area contributed by atoms with Gasteiger partial charge in [0.1, 0.15) is 0 Å². The minimum atomic E-state index is -0.453. The molecule has 0 N–H and O–H groups in total. The molecule has 522 valence electrons. The van der Waals surface area contributed by atoms with Crippen molar-refractivity contribution < 1.29 is 6.85 Å². The molecular formula is C104H78BN5. The average molecular weight is 1410 g/mol. The quantitative estimate of drug-likeness (QED) is 0.127. The Morgan fingerprint density at radius 2 is 0.582 bits per heavy atom. The zero-order valence-electron chi connectivity index (χ0n) is 67.1. The van der Waals surface area contributed by atoms with Crippen molar-refractivity contribution in [1.29, 1.82) is 0 Å². The number of nitrogens with zero attached hydrogens (tertiary/aromatic N) is 5. The first-order valence-electron chi connectivity index (χ1n) is 40.7. The van der Waals surface area contributed by atoms with Crippen LogP contribution >= 0.6 is 0 Å². The first kappa shape index (κ1) is 59.7. The van der Waals surface area contributed by atoms with Crippen LogP contribution < -0.4 is 26.2 Å². The van der Waals surface area contributed by atoms with Crippen molar-refractivity contribution in [3.63, 3.8) is 0 Å². The molecule has 0 saturated heterocycles. The molecule has 0 unspecified atom stereocenters. The van der Waals surface area contributed by atoms with E-state index < -0.39 is 24.8 Å². The summed E-state index contributed by atoms with van der Waals surface area (Å²) < 4.78 is 53.9. The van der Waals surface area contributed by atoms with Crippen LogP contribution in [0.4, 0.5) is 34.1 Å². The lowest BCUT2D eigenvalue weighted by Crippen LogP contribution is -2.61. The zero-order valence-corrected chi connectivity index (χ0v) is 62.1. The Balaban J connectivity index is 0.921. The predicted molar refractivity (Wildman–Crippen MR) is 468 cm³/mol. The molecule has 0 amide bonds. The van der Waals surface area contributed by atoms with Crippen molar-refractivity contribution in [2.75, 3.05) is 9.80 Å². The lowest BCUT2D eigenvalue weighted by Gasteiger charge is -2.45. The van der Waals surface area contributed by atoms with E-state index in [0.29, 0.717) is 5.56 Å². The maximum atomic E-state index is 9.67. The molecule has 21 rings (SSSR count). The molecule has 5 heterocycles. The molecule has 110 heavy (non-hydrogen) atoms. The number of para-hydroxylation sites is 3. The van der Waals surface area contributed by atoms with Crippen molar-refractivity contribution in [2.45, 2.75) is 52.4 Å². The fraction of sp³-hybridized carbons (Fsp3) is 0.0769. The van der Waals surface area contributed by atoms with Crippen LogP contribution in [0.2, 0.25) is 0 Å². The van der Waals surface area contributed by atoms with Gasteiger partial charge in [0, 0.05) is 77.8 Å². The second-order valence-corrected chi connectivity index (χ2v) is 31.7. The molecule has 0 aliphatic carbocycles. The second kappa shape index (κ2) is 25.1. The molecule has 2 aliphatic heterocycles. The largest absolute Gasteiger partial charge is 0.311 e. The summed E-state index contributed by atoms with van der Waals surface area (Å²) in [4.78, 5) is 4.98. The lowest BCUT2D eigenvalue weighted by atomic mass is 9.33. The van der Waals surface area contributed by atoms with E-state index in [0.717, 1.165) is 156 Å². The Morgan fingerprint density at radius 3 is 1.03 bits per heavy atom. The van der Waals surface area contributed by atoms with Crippen molar-refractivity contribution in [2.24, 2.45) is 0 Å². The molecular weight excluding hydrogens is 1330 g/mol. The number of hydrogen-bond donors (Lipinski definition) is 0. The van der Waals surface area contributed by atoms with Gasteiger partial charge in [0.25, 0.3) is 6.71 Å². The predicted octanol–water partition coefficient (Wildman–Crippen LogP) is 26.0. The van der Waals surface area contributed by atoms with Crippen LogP contribution in [0.25, 0.3) is 138 Å². The summed E-state index contributed by atoms with van der Waals surface area (Å²) in [7, 11) is 0. The number of rotatable bonds is 10. The molecule has 0 radical (unpaired) electrons. The third-order valence-electron chi connectivity index (χ3n) is 23.1. The van der Waals surface area contributed by atoms with E-state index >= 15 is 0 Å². The molecule has 0 bridgehead atoms. The molecule has 3 aromatic heterocycles. The average Bonchev–Trinajstić information content (AvgIpc) is 1.30. The molecule has 0 fully saturated rings. The third kappa shape index (κ3) is 10.5. The molecule has 19 aromatic rings. The Bertz CT molecular complexity index is 6980. The van der Waals surface area contributed by atoms with E-state index in [4.69, 9.17) is 1.37 Å². The highest BCUT2D eigenvalue weighted by atomic mass is 15.2. The Morgan fingerprint density at radius 1 is 0.236 bits per heavy atom. The van der Waals surface area contributed by atoms with E-state index in [1.54, 1.807) is 0 Å². The van der Waals surface area contributed by atoms with Gasteiger partial charge < -0.3 is 23.5 Å². The van der Waals surface area contributed by atoms with Crippen LogP contribution in [-0.2, 0) is 10.8 Å². The summed E-state index contributed by atoms with van der Waals surface area (Å²) in [5, 5.41) is 6.98. The van der Waals surface area contributed by atoms with Gasteiger partial charge in [-0.15, -0.1) is 0 Å². The van der Waals surface area contributed by atoms with E-state index in [1.807, 2.05) is 6.07 Å². The smallest absolute Gasteiger partial charge is 0.252 e. The van der Waals surface area contributed by atoms with Gasteiger partial charge in [0.05, 0.1) is 45.6 Å². The van der Waals surface area contributed by atoms with Crippen LogP contribution in [0.5, 0.6) is 0 Å². The minimum absolute atomic E-state index is 0.111. The van der Waals surface area contributed by atoms with Gasteiger partial charge in [-0.2, -0.15) is 0 Å². The highest BCUT2D eigenvalue weighted by Crippen LogP contribution is 2.51. The van der Waals surface area contributed by atoms with Crippen LogP contribution in [-0.4, -0.2) is 20.4 Å². The number of fused-ring (bicyclic) bond motifs is 13. The standard InChI is InChI=1S/C104H78BN5/c1-103(2,3)77-45-51-95-87(61-77)88-62-78(104(4,5)6)46-52-96(88)107(95)80-47-50-91-99(64-80)110(82-58-75(70-34-18-10-19-35-70)55-76(59-82)71-36-20-11-21-37-71)101-66-83(108-94-43-27-24-40-86(94)89-63-79(48-53-97(89)108)106-92-41-25-22-38-84(92)85-39-23-26-42-93(85)106)65-100-102(101)105(91)90-49-44-72(67-28-12-7-13-29-67)60-98(90)109(100)81-56-73(68-30-14-8-15-31-68)54-74(57-81)69-32-16-9-17-33-69/h7-66H,1-6H3/i7D,12D,13D,28D,29D. The van der Waals surface area contributed by atoms with Gasteiger partial charge in [-0.05, 0) is 221 Å². The number of anilines is 6. The number of benzene rings is 16. The summed E-state index contributed by atoms with van der Waals surface area (Å²) >= 11 is 0. The van der Waals surface area contributed by atoms with Crippen LogP contribution in [0.1, 0.15) is 59.5 Å². The summed E-state index contributed by atoms with van der Waals surface area (Å²) in [5.41, 5.74) is 29.5. The zero-order chi connectivity index (χ0) is 78.0. The van der Waals surface area contributed by atoms with E-state index in [1.165, 1.54) is 32.7 Å². The van der Waals surface area contributed by atoms with Gasteiger partial charge in [-0.25, -0.2) is 0 Å². The Labute approximate surface area is 649 Å². The molecule has 6 heteroatoms. The maximum absolute atomic E-state index is 9.67. The third-order valence-corrected chi connectivity index (χ3v) is 23.1. The van der Waals surface area contributed by atoms with Crippen molar-refractivity contribution in [3.05, 3.63) is 375 Å². The molecule has 16 aromatic carbocycles. The second-order valence-electron chi connectivity index (χ2n) is 31.7. The van der Waals surface area contributed by atoms with Gasteiger partial charge >= 0.3 is 0 Å². The van der Waals surface area contributed by atoms with Crippen LogP contribution in [0.3, 0.4) is 0 Å². The fourth-order valence-corrected chi connectivity index (χ4v) is 17.8. The van der Waals surface area contributed by atoms with E-state index in [9.17, 15) is 5.48 Å². The summed E-state index contributed by atoms with van der Waals surface area (Å²) in [6, 6.07) is 121. The number of hydrogen-bond acceptors (Lipinski definition) is 2. The van der Waals surface area contributed by atoms with Crippen molar-refractivity contribution in [1.82, 2.24) is 13.7 Å². The van der Waals surface area contributed by atoms with Crippen molar-refractivity contribution in [3.8, 4) is 72.7 Å². The normalized spacial score (nSPS) is 13.4. The molecule has 0 spiro atoms. The summed E-state index contributed by atoms with van der Waals surface area (Å²) in [6.45, 7) is 13.3. The van der Waals surface area contributed by atoms with E-state index in [2.05, 4.69) is 393 Å².